The molecule has 1 aliphatic rings. The Morgan fingerprint density at radius 3 is 2.90 bits per heavy atom. The fraction of sp³-hybridized carbons (Fsp3) is 0.647. The molecule has 3 heterocycles. The molecule has 30 heavy (non-hydrogen) atoms. The summed E-state index contributed by atoms with van der Waals surface area (Å²) in [5.74, 6) is 1.83. The van der Waals surface area contributed by atoms with Crippen molar-refractivity contribution in [2.45, 2.75) is 37.0 Å². The molecule has 0 saturated carbocycles. The van der Waals surface area contributed by atoms with Crippen molar-refractivity contribution < 1.29 is 19.7 Å². The van der Waals surface area contributed by atoms with Crippen molar-refractivity contribution in [2.24, 2.45) is 5.73 Å². The molecule has 7 N–H and O–H groups in total. The van der Waals surface area contributed by atoms with Gasteiger partial charge in [0.25, 0.3) is 0 Å². The smallest absolute Gasteiger partial charge is 0.237 e. The number of anilines is 1. The lowest BCUT2D eigenvalue weighted by Crippen LogP contribution is -2.43. The first-order valence-electron chi connectivity index (χ1n) is 9.51. The Morgan fingerprint density at radius 2 is 2.17 bits per heavy atom. The Bertz CT molecular complexity index is 870. The zero-order valence-electron chi connectivity index (χ0n) is 16.6. The second-order valence-electron chi connectivity index (χ2n) is 7.19. The Morgan fingerprint density at radius 1 is 1.40 bits per heavy atom. The molecule has 6 atom stereocenters. The predicted molar refractivity (Wildman–Crippen MR) is 118 cm³/mol. The van der Waals surface area contributed by atoms with E-state index in [0.717, 1.165) is 0 Å². The summed E-state index contributed by atoms with van der Waals surface area (Å²) in [5.41, 5.74) is 12.6. The molecule has 11 nitrogen and oxygen atoms in total. The van der Waals surface area contributed by atoms with E-state index in [0.29, 0.717) is 41.4 Å². The molecule has 166 valence electrons. The topological polar surface area (TPSA) is 174 Å². The number of aromatic nitrogens is 4. The van der Waals surface area contributed by atoms with E-state index in [1.165, 1.54) is 12.7 Å². The Labute approximate surface area is 182 Å². The van der Waals surface area contributed by atoms with Crippen LogP contribution in [0, 0.1) is 0 Å². The van der Waals surface area contributed by atoms with Crippen molar-refractivity contribution in [3.63, 3.8) is 0 Å². The molecular formula is C17H28N7O4S2+. The number of aliphatic hydroxyl groups is 2. The number of hydrogen-bond donors (Lipinski definition) is 6. The fourth-order valence-electron chi connectivity index (χ4n) is 3.29. The van der Waals surface area contributed by atoms with Gasteiger partial charge in [-0.2, -0.15) is 12.6 Å². The maximum absolute atomic E-state index is 11.9. The van der Waals surface area contributed by atoms with Gasteiger partial charge in [0.05, 0.1) is 18.6 Å². The van der Waals surface area contributed by atoms with E-state index in [1.807, 2.05) is 6.26 Å². The van der Waals surface area contributed by atoms with Gasteiger partial charge < -0.3 is 31.7 Å². The number of aliphatic hydroxyl groups excluding tert-OH is 2. The summed E-state index contributed by atoms with van der Waals surface area (Å²) in [5, 5.41) is 23.8. The van der Waals surface area contributed by atoms with Gasteiger partial charge in [-0.3, -0.25) is 9.36 Å². The number of nitrogens with zero attached hydrogens (tertiary/aromatic N) is 4. The zero-order valence-corrected chi connectivity index (χ0v) is 18.3. The molecule has 13 heteroatoms. The number of carbonyl (C=O) groups is 1. The van der Waals surface area contributed by atoms with Crippen LogP contribution in [0.25, 0.3) is 11.2 Å². The first-order valence-corrected chi connectivity index (χ1v) is 12.1. The van der Waals surface area contributed by atoms with Crippen LogP contribution >= 0.6 is 12.6 Å². The Hall–Kier alpha value is -1.64. The van der Waals surface area contributed by atoms with Gasteiger partial charge in [0.15, 0.2) is 17.7 Å². The maximum Gasteiger partial charge on any atom is 0.237 e. The lowest BCUT2D eigenvalue weighted by Gasteiger charge is -2.16. The molecule has 2 unspecified atom stereocenters. The first kappa shape index (κ1) is 23.0. The van der Waals surface area contributed by atoms with Gasteiger partial charge in [-0.05, 0) is 10.9 Å². The minimum atomic E-state index is -1.14. The van der Waals surface area contributed by atoms with Gasteiger partial charge in [-0.15, -0.1) is 0 Å². The number of amides is 1. The highest BCUT2D eigenvalue weighted by atomic mass is 32.2. The van der Waals surface area contributed by atoms with Crippen LogP contribution in [0.5, 0.6) is 0 Å². The number of nitrogens with two attached hydrogens (primary N) is 2. The summed E-state index contributed by atoms with van der Waals surface area (Å²) in [6.45, 7) is 0.481. The molecular weight excluding hydrogens is 430 g/mol. The number of rotatable bonds is 9. The molecule has 3 rings (SSSR count). The SMILES string of the molecule is C[S+](CCC(N)C(=O)NCCS)C[C@H]1O[C@@H](n2cnc3c(N)ncnc32)[C@H](O)[C@@H]1O. The third-order valence-corrected chi connectivity index (χ3v) is 7.03. The van der Waals surface area contributed by atoms with Gasteiger partial charge in [0.1, 0.15) is 41.7 Å². The highest BCUT2D eigenvalue weighted by molar-refractivity contribution is 7.96. The van der Waals surface area contributed by atoms with E-state index in [1.54, 1.807) is 4.57 Å². The van der Waals surface area contributed by atoms with Gasteiger partial charge in [-0.25, -0.2) is 15.0 Å². The lowest BCUT2D eigenvalue weighted by molar-refractivity contribution is -0.122. The molecule has 1 saturated heterocycles. The number of carbonyl (C=O) groups excluding carboxylic acids is 1. The van der Waals surface area contributed by atoms with Crippen LogP contribution in [-0.4, -0.2) is 90.1 Å². The minimum absolute atomic E-state index is 0.173. The van der Waals surface area contributed by atoms with Crippen LogP contribution in [0.4, 0.5) is 5.82 Å². The standard InChI is InChI=1S/C17H27N7O4S2/c1-30(5-2-9(18)16(27)20-3-4-29)6-10-12(25)13(26)17(28-10)24-8-23-11-14(19)21-7-22-15(11)24/h7-10,12-13,17,25-26H,2-6,18H2,1H3,(H3-,19,20,21,22,27,29)/p+1/t9?,10-,12-,13-,17-,30?/m1/s1. The molecule has 0 aliphatic carbocycles. The molecule has 2 aromatic heterocycles. The summed E-state index contributed by atoms with van der Waals surface area (Å²) < 4.78 is 7.52. The van der Waals surface area contributed by atoms with Crippen molar-refractivity contribution in [2.75, 3.05) is 35.8 Å². The summed E-state index contributed by atoms with van der Waals surface area (Å²) >= 11 is 4.05. The number of thiol groups is 1. The van der Waals surface area contributed by atoms with Crippen molar-refractivity contribution >= 4 is 46.4 Å². The molecule has 2 aromatic rings. The minimum Gasteiger partial charge on any atom is -0.387 e. The van der Waals surface area contributed by atoms with Gasteiger partial charge in [0.2, 0.25) is 5.91 Å². The van der Waals surface area contributed by atoms with Gasteiger partial charge in [0, 0.05) is 18.7 Å². The number of hydrogen-bond acceptors (Lipinski definition) is 10. The van der Waals surface area contributed by atoms with Crippen molar-refractivity contribution in [1.29, 1.82) is 0 Å². The van der Waals surface area contributed by atoms with E-state index in [2.05, 4.69) is 32.9 Å². The molecule has 1 amide bonds. The number of nitrogen functional groups attached to an aromatic ring is 1. The number of ether oxygens (including phenoxy) is 1. The van der Waals surface area contributed by atoms with Crippen LogP contribution in [0.15, 0.2) is 12.7 Å². The number of fused-ring (bicyclic) bond motifs is 1. The summed E-state index contributed by atoms with van der Waals surface area (Å²) in [6.07, 6.45) is 1.71. The van der Waals surface area contributed by atoms with Crippen LogP contribution in [-0.2, 0) is 20.4 Å². The van der Waals surface area contributed by atoms with Crippen molar-refractivity contribution in [3.8, 4) is 0 Å². The molecule has 1 fully saturated rings. The highest BCUT2D eigenvalue weighted by Crippen LogP contribution is 2.32. The lowest BCUT2D eigenvalue weighted by atomic mass is 10.1. The van der Waals surface area contributed by atoms with E-state index >= 15 is 0 Å². The summed E-state index contributed by atoms with van der Waals surface area (Å²) in [7, 11) is -0.173. The molecule has 1 aliphatic heterocycles. The van der Waals surface area contributed by atoms with E-state index in [4.69, 9.17) is 16.2 Å². The van der Waals surface area contributed by atoms with E-state index in [-0.39, 0.29) is 22.6 Å². The second-order valence-corrected chi connectivity index (χ2v) is 9.94. The van der Waals surface area contributed by atoms with Gasteiger partial charge in [-0.1, -0.05) is 0 Å². The monoisotopic (exact) mass is 458 g/mol. The number of imidazole rings is 1. The summed E-state index contributed by atoms with van der Waals surface area (Å²) in [4.78, 5) is 24.1. The quantitative estimate of drug-likeness (QED) is 0.184. The Kier molecular flexibility index (Phi) is 7.76. The predicted octanol–water partition coefficient (Wildman–Crippen LogP) is -1.96. The highest BCUT2D eigenvalue weighted by Gasteiger charge is 2.46. The van der Waals surface area contributed by atoms with Crippen LogP contribution < -0.4 is 16.8 Å². The van der Waals surface area contributed by atoms with Crippen LogP contribution in [0.2, 0.25) is 0 Å². The van der Waals surface area contributed by atoms with Crippen LogP contribution in [0.3, 0.4) is 0 Å². The second kappa shape index (κ2) is 10.1. The third kappa shape index (κ3) is 4.98. The van der Waals surface area contributed by atoms with E-state index in [9.17, 15) is 15.0 Å². The summed E-state index contributed by atoms with van der Waals surface area (Å²) in [6, 6.07) is -0.588. The zero-order chi connectivity index (χ0) is 21.8. The normalized spacial score (nSPS) is 26.0. The van der Waals surface area contributed by atoms with Crippen LogP contribution in [0.1, 0.15) is 12.6 Å². The molecule has 0 radical (unpaired) electrons. The number of nitrogens with one attached hydrogen (secondary N) is 1. The average Bonchev–Trinajstić information content (AvgIpc) is 3.27. The average molecular weight is 459 g/mol. The Balaban J connectivity index is 1.58. The first-order chi connectivity index (χ1) is 14.3. The molecule has 0 spiro atoms. The van der Waals surface area contributed by atoms with E-state index < -0.39 is 30.6 Å². The maximum atomic E-state index is 11.9. The third-order valence-electron chi connectivity index (χ3n) is 4.97. The molecule has 0 aromatic carbocycles. The largest absolute Gasteiger partial charge is 0.387 e. The molecule has 0 bridgehead atoms. The fourth-order valence-corrected chi connectivity index (χ4v) is 5.06. The van der Waals surface area contributed by atoms with Gasteiger partial charge >= 0.3 is 0 Å². The van der Waals surface area contributed by atoms with Crippen molar-refractivity contribution in [1.82, 2.24) is 24.8 Å². The van der Waals surface area contributed by atoms with Crippen molar-refractivity contribution in [3.05, 3.63) is 12.7 Å².